The fourth-order valence-electron chi connectivity index (χ4n) is 1.49. The van der Waals surface area contributed by atoms with Crippen molar-refractivity contribution in [2.45, 2.75) is 65.2 Å². The summed E-state index contributed by atoms with van der Waals surface area (Å²) in [7, 11) is 1.09. The van der Waals surface area contributed by atoms with Gasteiger partial charge in [-0.2, -0.15) is 4.90 Å². The highest BCUT2D eigenvalue weighted by atomic mass is 16.6. The molecule has 0 aromatic rings. The number of amides is 2. The van der Waals surface area contributed by atoms with E-state index in [1.165, 1.54) is 0 Å². The number of esters is 1. The van der Waals surface area contributed by atoms with Gasteiger partial charge in [0.2, 0.25) is 0 Å². The molecule has 0 N–H and O–H groups in total. The maximum absolute atomic E-state index is 12.3. The molecule has 1 atom stereocenters. The largest absolute Gasteiger partial charge is 0.467 e. The quantitative estimate of drug-likeness (QED) is 0.442. The first kappa shape index (κ1) is 20.9. The average Bonchev–Trinajstić information content (AvgIpc) is 2.32. The lowest BCUT2D eigenvalue weighted by molar-refractivity contribution is -0.147. The minimum Gasteiger partial charge on any atom is -0.467 e. The minimum absolute atomic E-state index is 0.406. The number of methoxy groups -OCH3 is 1. The van der Waals surface area contributed by atoms with Crippen LogP contribution in [0, 0.1) is 0 Å². The normalized spacial score (nSPS) is 12.8. The fourth-order valence-corrected chi connectivity index (χ4v) is 1.49. The predicted octanol–water partition coefficient (Wildman–Crippen LogP) is 2.29. The number of rotatable bonds is 4. The van der Waals surface area contributed by atoms with Gasteiger partial charge in [0.15, 0.2) is 6.04 Å². The molecule has 132 valence electrons. The molecule has 0 aliphatic heterocycles. The van der Waals surface area contributed by atoms with E-state index in [4.69, 9.17) is 9.47 Å². The molecule has 0 bridgehead atoms. The molecule has 8 nitrogen and oxygen atoms in total. The maximum atomic E-state index is 12.3. The van der Waals surface area contributed by atoms with Crippen molar-refractivity contribution >= 4 is 24.4 Å². The molecule has 0 spiro atoms. The molecule has 0 aliphatic carbocycles. The third kappa shape index (κ3) is 7.62. The van der Waals surface area contributed by atoms with Gasteiger partial charge in [0.25, 0.3) is 0 Å². The summed E-state index contributed by atoms with van der Waals surface area (Å²) in [4.78, 5) is 47.7. The molecule has 0 aromatic carbocycles. The van der Waals surface area contributed by atoms with Crippen molar-refractivity contribution in [3.63, 3.8) is 0 Å². The molecular weight excluding hydrogens is 306 g/mol. The molecule has 0 saturated carbocycles. The van der Waals surface area contributed by atoms with Crippen molar-refractivity contribution in [2.75, 3.05) is 7.11 Å². The van der Waals surface area contributed by atoms with Crippen LogP contribution in [-0.2, 0) is 23.8 Å². The van der Waals surface area contributed by atoms with Crippen LogP contribution in [0.25, 0.3) is 0 Å². The van der Waals surface area contributed by atoms with Crippen molar-refractivity contribution in [2.24, 2.45) is 0 Å². The number of carbonyl (C=O) groups excluding carboxylic acids is 4. The van der Waals surface area contributed by atoms with Crippen molar-refractivity contribution in [1.29, 1.82) is 0 Å². The van der Waals surface area contributed by atoms with Crippen LogP contribution in [0.4, 0.5) is 9.59 Å². The van der Waals surface area contributed by atoms with Crippen LogP contribution in [0.2, 0.25) is 0 Å². The Balaban J connectivity index is 5.66. The number of aldehydes is 1. The molecule has 0 radical (unpaired) electrons. The zero-order valence-electron chi connectivity index (χ0n) is 14.7. The Morgan fingerprint density at radius 2 is 1.35 bits per heavy atom. The Labute approximate surface area is 136 Å². The molecule has 0 heterocycles. The van der Waals surface area contributed by atoms with Gasteiger partial charge in [0.05, 0.1) is 7.11 Å². The maximum Gasteiger partial charge on any atom is 0.420 e. The van der Waals surface area contributed by atoms with E-state index in [1.807, 2.05) is 0 Å². The van der Waals surface area contributed by atoms with Gasteiger partial charge in [-0.1, -0.05) is 0 Å². The van der Waals surface area contributed by atoms with E-state index in [0.717, 1.165) is 7.11 Å². The van der Waals surface area contributed by atoms with Crippen LogP contribution >= 0.6 is 0 Å². The van der Waals surface area contributed by atoms with Gasteiger partial charge in [0.1, 0.15) is 17.5 Å². The first-order valence-electron chi connectivity index (χ1n) is 7.09. The molecule has 0 saturated heterocycles. The second kappa shape index (κ2) is 7.94. The summed E-state index contributed by atoms with van der Waals surface area (Å²) < 4.78 is 14.8. The average molecular weight is 331 g/mol. The SMILES string of the molecule is COC(=O)[C@@H](CC=O)N(C(=O)OC(C)(C)C)C(=O)OC(C)(C)C. The van der Waals surface area contributed by atoms with Crippen molar-refractivity contribution in [3.8, 4) is 0 Å². The van der Waals surface area contributed by atoms with E-state index in [1.54, 1.807) is 41.5 Å². The van der Waals surface area contributed by atoms with Gasteiger partial charge >= 0.3 is 18.2 Å². The third-order valence-electron chi connectivity index (χ3n) is 2.28. The van der Waals surface area contributed by atoms with E-state index in [2.05, 4.69) is 4.74 Å². The summed E-state index contributed by atoms with van der Waals surface area (Å²) in [5.41, 5.74) is -1.81. The second-order valence-corrected chi connectivity index (χ2v) is 6.77. The summed E-state index contributed by atoms with van der Waals surface area (Å²) in [6.07, 6.45) is -2.21. The standard InChI is InChI=1S/C15H25NO7/c1-14(2,3)22-12(19)16(13(20)23-15(4,5)6)10(8-9-17)11(18)21-7/h9-10H,8H2,1-7H3/t10-/m1/s1. The van der Waals surface area contributed by atoms with E-state index >= 15 is 0 Å². The Morgan fingerprint density at radius 3 is 1.61 bits per heavy atom. The summed E-state index contributed by atoms with van der Waals surface area (Å²) >= 11 is 0. The van der Waals surface area contributed by atoms with Crippen LogP contribution in [0.15, 0.2) is 0 Å². The number of carbonyl (C=O) groups is 4. The highest BCUT2D eigenvalue weighted by molar-refractivity contribution is 5.95. The van der Waals surface area contributed by atoms with E-state index < -0.39 is 41.8 Å². The third-order valence-corrected chi connectivity index (χ3v) is 2.28. The summed E-state index contributed by atoms with van der Waals surface area (Å²) in [6, 6.07) is -1.46. The smallest absolute Gasteiger partial charge is 0.420 e. The van der Waals surface area contributed by atoms with Crippen LogP contribution < -0.4 is 0 Å². The van der Waals surface area contributed by atoms with Crippen molar-refractivity contribution < 1.29 is 33.4 Å². The lowest BCUT2D eigenvalue weighted by Gasteiger charge is -2.31. The van der Waals surface area contributed by atoms with E-state index in [9.17, 15) is 19.2 Å². The fraction of sp³-hybridized carbons (Fsp3) is 0.733. The Bertz CT molecular complexity index is 431. The lowest BCUT2D eigenvalue weighted by atomic mass is 10.2. The monoisotopic (exact) mass is 331 g/mol. The Morgan fingerprint density at radius 1 is 0.957 bits per heavy atom. The first-order valence-corrected chi connectivity index (χ1v) is 7.09. The van der Waals surface area contributed by atoms with E-state index in [0.29, 0.717) is 11.2 Å². The lowest BCUT2D eigenvalue weighted by Crippen LogP contribution is -2.52. The number of hydrogen-bond acceptors (Lipinski definition) is 7. The highest BCUT2D eigenvalue weighted by Gasteiger charge is 2.40. The molecular formula is C15H25NO7. The molecule has 23 heavy (non-hydrogen) atoms. The van der Waals surface area contributed by atoms with Crippen molar-refractivity contribution in [1.82, 2.24) is 4.90 Å². The van der Waals surface area contributed by atoms with Crippen LogP contribution in [-0.4, -0.2) is 53.7 Å². The predicted molar refractivity (Wildman–Crippen MR) is 80.8 cm³/mol. The molecule has 0 aromatic heterocycles. The molecule has 0 aliphatic rings. The summed E-state index contributed by atoms with van der Waals surface area (Å²) in [6.45, 7) is 9.61. The molecule has 0 rings (SSSR count). The van der Waals surface area contributed by atoms with Gasteiger partial charge in [-0.05, 0) is 41.5 Å². The summed E-state index contributed by atoms with van der Waals surface area (Å²) in [5, 5.41) is 0. The van der Waals surface area contributed by atoms with Gasteiger partial charge in [-0.15, -0.1) is 0 Å². The van der Waals surface area contributed by atoms with Gasteiger partial charge in [-0.25, -0.2) is 14.4 Å². The summed E-state index contributed by atoms with van der Waals surface area (Å²) in [5.74, 6) is -0.922. The highest BCUT2D eigenvalue weighted by Crippen LogP contribution is 2.18. The van der Waals surface area contributed by atoms with Gasteiger partial charge < -0.3 is 19.0 Å². The second-order valence-electron chi connectivity index (χ2n) is 6.77. The zero-order valence-corrected chi connectivity index (χ0v) is 14.7. The Kier molecular flexibility index (Phi) is 7.21. The van der Waals surface area contributed by atoms with E-state index in [-0.39, 0.29) is 0 Å². The first-order chi connectivity index (χ1) is 10.3. The van der Waals surface area contributed by atoms with Crippen LogP contribution in [0.5, 0.6) is 0 Å². The number of ether oxygens (including phenoxy) is 3. The molecule has 0 unspecified atom stereocenters. The van der Waals surface area contributed by atoms with Crippen LogP contribution in [0.1, 0.15) is 48.0 Å². The van der Waals surface area contributed by atoms with Gasteiger partial charge in [-0.3, -0.25) is 0 Å². The van der Waals surface area contributed by atoms with Gasteiger partial charge in [0, 0.05) is 6.42 Å². The Hall–Kier alpha value is -2.12. The van der Waals surface area contributed by atoms with Crippen molar-refractivity contribution in [3.05, 3.63) is 0 Å². The molecule has 0 fully saturated rings. The molecule has 2 amide bonds. The number of nitrogens with zero attached hydrogens (tertiary/aromatic N) is 1. The topological polar surface area (TPSA) is 99.2 Å². The van der Waals surface area contributed by atoms with Crippen LogP contribution in [0.3, 0.4) is 0 Å². The molecule has 8 heteroatoms. The number of imide groups is 1. The number of hydrogen-bond donors (Lipinski definition) is 0. The minimum atomic E-state index is -1.46. The zero-order chi connectivity index (χ0) is 18.4.